The van der Waals surface area contributed by atoms with E-state index in [0.29, 0.717) is 19.6 Å². The molecule has 4 nitrogen and oxygen atoms in total. The molecule has 1 fully saturated rings. The molecule has 1 aliphatic heterocycles. The SMILES string of the molecule is CN(C)C[C@@H]1COCCN1C(=O)CCCc1ccccc1. The van der Waals surface area contributed by atoms with Crippen molar-refractivity contribution in [2.45, 2.75) is 25.3 Å². The van der Waals surface area contributed by atoms with Gasteiger partial charge in [0.25, 0.3) is 0 Å². The van der Waals surface area contributed by atoms with Crippen molar-refractivity contribution in [1.82, 2.24) is 9.80 Å². The zero-order valence-corrected chi connectivity index (χ0v) is 13.1. The van der Waals surface area contributed by atoms with Gasteiger partial charge in [-0.1, -0.05) is 30.3 Å². The quantitative estimate of drug-likeness (QED) is 0.801. The largest absolute Gasteiger partial charge is 0.377 e. The van der Waals surface area contributed by atoms with Gasteiger partial charge < -0.3 is 14.5 Å². The third-order valence-electron chi connectivity index (χ3n) is 3.82. The van der Waals surface area contributed by atoms with Gasteiger partial charge in [-0.25, -0.2) is 0 Å². The molecule has 0 radical (unpaired) electrons. The van der Waals surface area contributed by atoms with E-state index in [2.05, 4.69) is 17.0 Å². The fourth-order valence-corrected chi connectivity index (χ4v) is 2.79. The van der Waals surface area contributed by atoms with Crippen molar-refractivity contribution < 1.29 is 9.53 Å². The highest BCUT2D eigenvalue weighted by Gasteiger charge is 2.27. The van der Waals surface area contributed by atoms with Crippen LogP contribution >= 0.6 is 0 Å². The summed E-state index contributed by atoms with van der Waals surface area (Å²) in [6, 6.07) is 10.5. The smallest absolute Gasteiger partial charge is 0.223 e. The maximum atomic E-state index is 12.4. The Morgan fingerprint density at radius 1 is 1.33 bits per heavy atom. The molecule has 1 saturated heterocycles. The van der Waals surface area contributed by atoms with E-state index in [-0.39, 0.29) is 11.9 Å². The summed E-state index contributed by atoms with van der Waals surface area (Å²) in [7, 11) is 4.07. The Kier molecular flexibility index (Phi) is 6.21. The predicted molar refractivity (Wildman–Crippen MR) is 84.3 cm³/mol. The molecule has 0 aliphatic carbocycles. The summed E-state index contributed by atoms with van der Waals surface area (Å²) in [6.45, 7) is 2.91. The first-order chi connectivity index (χ1) is 10.2. The minimum Gasteiger partial charge on any atom is -0.377 e. The zero-order valence-electron chi connectivity index (χ0n) is 13.1. The van der Waals surface area contributed by atoms with Gasteiger partial charge in [-0.05, 0) is 32.5 Å². The molecule has 1 aromatic carbocycles. The van der Waals surface area contributed by atoms with E-state index >= 15 is 0 Å². The highest BCUT2D eigenvalue weighted by Crippen LogP contribution is 2.12. The lowest BCUT2D eigenvalue weighted by Crippen LogP contribution is -2.52. The van der Waals surface area contributed by atoms with Crippen LogP contribution in [0.2, 0.25) is 0 Å². The van der Waals surface area contributed by atoms with Gasteiger partial charge in [-0.3, -0.25) is 4.79 Å². The average Bonchev–Trinajstić information content (AvgIpc) is 2.48. The maximum Gasteiger partial charge on any atom is 0.223 e. The Hall–Kier alpha value is -1.39. The van der Waals surface area contributed by atoms with Crippen LogP contribution in [0.3, 0.4) is 0 Å². The lowest BCUT2D eigenvalue weighted by molar-refractivity contribution is -0.140. The topological polar surface area (TPSA) is 32.8 Å². The zero-order chi connectivity index (χ0) is 15.1. The minimum atomic E-state index is 0.193. The summed E-state index contributed by atoms with van der Waals surface area (Å²) < 4.78 is 5.52. The Balaban J connectivity index is 1.80. The third kappa shape index (κ3) is 5.14. The van der Waals surface area contributed by atoms with Gasteiger partial charge in [-0.2, -0.15) is 0 Å². The van der Waals surface area contributed by atoms with E-state index < -0.39 is 0 Å². The molecule has 1 aromatic rings. The number of amides is 1. The van der Waals surface area contributed by atoms with E-state index in [9.17, 15) is 4.79 Å². The average molecular weight is 290 g/mol. The Labute approximate surface area is 127 Å². The van der Waals surface area contributed by atoms with Gasteiger partial charge >= 0.3 is 0 Å². The Morgan fingerprint density at radius 3 is 2.81 bits per heavy atom. The van der Waals surface area contributed by atoms with Crippen LogP contribution in [0.4, 0.5) is 0 Å². The van der Waals surface area contributed by atoms with Crippen LogP contribution in [0.15, 0.2) is 30.3 Å². The first-order valence-corrected chi connectivity index (χ1v) is 7.72. The highest BCUT2D eigenvalue weighted by molar-refractivity contribution is 5.76. The van der Waals surface area contributed by atoms with Crippen LogP contribution in [0.1, 0.15) is 18.4 Å². The van der Waals surface area contributed by atoms with E-state index in [1.165, 1.54) is 5.56 Å². The maximum absolute atomic E-state index is 12.4. The first-order valence-electron chi connectivity index (χ1n) is 7.72. The molecule has 1 amide bonds. The summed E-state index contributed by atoms with van der Waals surface area (Å²) in [6.07, 6.45) is 2.50. The normalized spacial score (nSPS) is 19.0. The number of benzene rings is 1. The number of morpholine rings is 1. The molecule has 1 heterocycles. The van der Waals surface area contributed by atoms with E-state index in [0.717, 1.165) is 25.9 Å². The fraction of sp³-hybridized carbons (Fsp3) is 0.588. The molecule has 0 saturated carbocycles. The number of hydrogen-bond donors (Lipinski definition) is 0. The second-order valence-corrected chi connectivity index (χ2v) is 5.92. The van der Waals surface area contributed by atoms with Crippen molar-refractivity contribution in [3.05, 3.63) is 35.9 Å². The summed E-state index contributed by atoms with van der Waals surface area (Å²) in [4.78, 5) is 16.6. The fourth-order valence-electron chi connectivity index (χ4n) is 2.79. The first kappa shape index (κ1) is 16.0. The lowest BCUT2D eigenvalue weighted by Gasteiger charge is -2.37. The van der Waals surface area contributed by atoms with Crippen molar-refractivity contribution >= 4 is 5.91 Å². The lowest BCUT2D eigenvalue weighted by atomic mass is 10.1. The van der Waals surface area contributed by atoms with Crippen molar-refractivity contribution in [1.29, 1.82) is 0 Å². The molecule has 0 aromatic heterocycles. The summed E-state index contributed by atoms with van der Waals surface area (Å²) in [5.41, 5.74) is 1.30. The molecular formula is C17H26N2O2. The molecule has 4 heteroatoms. The van der Waals surface area contributed by atoms with Gasteiger partial charge in [0.2, 0.25) is 5.91 Å². The second kappa shape index (κ2) is 8.15. The van der Waals surface area contributed by atoms with Crippen molar-refractivity contribution in [3.8, 4) is 0 Å². The Morgan fingerprint density at radius 2 is 2.10 bits per heavy atom. The number of rotatable bonds is 6. The van der Waals surface area contributed by atoms with Crippen LogP contribution in [0.25, 0.3) is 0 Å². The number of likely N-dealkylation sites (N-methyl/N-ethyl adjacent to an activating group) is 1. The van der Waals surface area contributed by atoms with Gasteiger partial charge in [0, 0.05) is 19.5 Å². The number of hydrogen-bond acceptors (Lipinski definition) is 3. The molecule has 0 unspecified atom stereocenters. The molecule has 21 heavy (non-hydrogen) atoms. The van der Waals surface area contributed by atoms with E-state index in [1.54, 1.807) is 0 Å². The molecule has 0 N–H and O–H groups in total. The van der Waals surface area contributed by atoms with Crippen molar-refractivity contribution in [2.24, 2.45) is 0 Å². The van der Waals surface area contributed by atoms with Crippen LogP contribution in [0, 0.1) is 0 Å². The van der Waals surface area contributed by atoms with E-state index in [4.69, 9.17) is 4.74 Å². The summed E-state index contributed by atoms with van der Waals surface area (Å²) in [5.74, 6) is 0.265. The molecule has 0 bridgehead atoms. The number of nitrogens with zero attached hydrogens (tertiary/aromatic N) is 2. The van der Waals surface area contributed by atoms with Crippen molar-refractivity contribution in [2.75, 3.05) is 40.4 Å². The molecular weight excluding hydrogens is 264 g/mol. The van der Waals surface area contributed by atoms with E-state index in [1.807, 2.05) is 37.2 Å². The molecule has 2 rings (SSSR count). The third-order valence-corrected chi connectivity index (χ3v) is 3.82. The van der Waals surface area contributed by atoms with Gasteiger partial charge in [-0.15, -0.1) is 0 Å². The number of aryl methyl sites for hydroxylation is 1. The molecule has 116 valence electrons. The minimum absolute atomic E-state index is 0.193. The van der Waals surface area contributed by atoms with Crippen LogP contribution in [-0.4, -0.2) is 62.1 Å². The van der Waals surface area contributed by atoms with Crippen LogP contribution in [-0.2, 0) is 16.0 Å². The Bertz CT molecular complexity index is 434. The number of ether oxygens (including phenoxy) is 1. The monoisotopic (exact) mass is 290 g/mol. The van der Waals surface area contributed by atoms with Crippen LogP contribution < -0.4 is 0 Å². The standard InChI is InChI=1S/C17H26N2O2/c1-18(2)13-16-14-21-12-11-19(16)17(20)10-6-9-15-7-4-3-5-8-15/h3-5,7-8,16H,6,9-14H2,1-2H3/t16-/m1/s1. The number of carbonyl (C=O) groups excluding carboxylic acids is 1. The van der Waals surface area contributed by atoms with Gasteiger partial charge in [0.1, 0.15) is 0 Å². The summed E-state index contributed by atoms with van der Waals surface area (Å²) >= 11 is 0. The number of carbonyl (C=O) groups is 1. The van der Waals surface area contributed by atoms with Gasteiger partial charge in [0.05, 0.1) is 19.3 Å². The predicted octanol–water partition coefficient (Wildman–Crippen LogP) is 1.80. The van der Waals surface area contributed by atoms with Crippen molar-refractivity contribution in [3.63, 3.8) is 0 Å². The molecule has 1 aliphatic rings. The van der Waals surface area contributed by atoms with Gasteiger partial charge in [0.15, 0.2) is 0 Å². The summed E-state index contributed by atoms with van der Waals surface area (Å²) in [5, 5.41) is 0. The van der Waals surface area contributed by atoms with Crippen LogP contribution in [0.5, 0.6) is 0 Å². The second-order valence-electron chi connectivity index (χ2n) is 5.92. The molecule has 0 spiro atoms. The molecule has 1 atom stereocenters. The highest BCUT2D eigenvalue weighted by atomic mass is 16.5.